The molecule has 1 aliphatic rings. The number of rotatable bonds is 4. The molecule has 1 fully saturated rings. The van der Waals surface area contributed by atoms with E-state index < -0.39 is 9.84 Å². The van der Waals surface area contributed by atoms with Crippen molar-refractivity contribution in [2.45, 2.75) is 19.4 Å². The van der Waals surface area contributed by atoms with Crippen molar-refractivity contribution in [1.82, 2.24) is 15.3 Å². The van der Waals surface area contributed by atoms with E-state index in [-0.39, 0.29) is 29.8 Å². The molecule has 0 aliphatic carbocycles. The molecule has 98 valence electrons. The summed E-state index contributed by atoms with van der Waals surface area (Å²) in [5.41, 5.74) is 0.685. The lowest BCUT2D eigenvalue weighted by molar-refractivity contribution is -0.122. The Morgan fingerprint density at radius 3 is 2.89 bits per heavy atom. The van der Waals surface area contributed by atoms with Crippen molar-refractivity contribution in [1.29, 1.82) is 0 Å². The minimum atomic E-state index is -2.91. The molecule has 1 atom stereocenters. The maximum absolute atomic E-state index is 11.6. The van der Waals surface area contributed by atoms with Gasteiger partial charge in [0.25, 0.3) is 0 Å². The van der Waals surface area contributed by atoms with E-state index in [4.69, 9.17) is 0 Å². The SMILES string of the molecule is O=C(CC1CCS(=O)(=O)C1)NCc1cnccn1. The fraction of sp³-hybridized carbons (Fsp3) is 0.545. The third-order valence-electron chi connectivity index (χ3n) is 2.88. The first-order chi connectivity index (χ1) is 8.55. The van der Waals surface area contributed by atoms with Gasteiger partial charge in [-0.25, -0.2) is 8.42 Å². The highest BCUT2D eigenvalue weighted by Gasteiger charge is 2.29. The number of aromatic nitrogens is 2. The van der Waals surface area contributed by atoms with Gasteiger partial charge in [-0.1, -0.05) is 0 Å². The standard InChI is InChI=1S/C11H15N3O3S/c15-11(5-9-1-4-18(16,17)8-9)14-7-10-6-12-2-3-13-10/h2-3,6,9H,1,4-5,7-8H2,(H,14,15). The van der Waals surface area contributed by atoms with Crippen molar-refractivity contribution in [3.63, 3.8) is 0 Å². The van der Waals surface area contributed by atoms with Crippen LogP contribution in [0.3, 0.4) is 0 Å². The molecule has 1 saturated heterocycles. The molecule has 1 aromatic heterocycles. The van der Waals surface area contributed by atoms with Crippen molar-refractivity contribution in [3.8, 4) is 0 Å². The predicted molar refractivity (Wildman–Crippen MR) is 65.3 cm³/mol. The van der Waals surface area contributed by atoms with Crippen LogP contribution in [0.5, 0.6) is 0 Å². The Kier molecular flexibility index (Phi) is 3.90. The Bertz CT molecular complexity index is 516. The molecule has 2 heterocycles. The number of hydrogen-bond donors (Lipinski definition) is 1. The van der Waals surface area contributed by atoms with Gasteiger partial charge in [-0.2, -0.15) is 0 Å². The molecule has 1 unspecified atom stereocenters. The average Bonchev–Trinajstić information content (AvgIpc) is 2.67. The molecule has 0 radical (unpaired) electrons. The van der Waals surface area contributed by atoms with Crippen molar-refractivity contribution >= 4 is 15.7 Å². The van der Waals surface area contributed by atoms with Gasteiger partial charge in [-0.05, 0) is 12.3 Å². The maximum atomic E-state index is 11.6. The highest BCUT2D eigenvalue weighted by atomic mass is 32.2. The zero-order valence-corrected chi connectivity index (χ0v) is 10.7. The number of hydrogen-bond acceptors (Lipinski definition) is 5. The highest BCUT2D eigenvalue weighted by Crippen LogP contribution is 2.21. The van der Waals surface area contributed by atoms with Crippen LogP contribution in [-0.2, 0) is 21.2 Å². The van der Waals surface area contributed by atoms with Crippen LogP contribution in [0.4, 0.5) is 0 Å². The van der Waals surface area contributed by atoms with E-state index in [2.05, 4.69) is 15.3 Å². The minimum absolute atomic E-state index is 0.0446. The van der Waals surface area contributed by atoms with E-state index in [1.807, 2.05) is 0 Å². The van der Waals surface area contributed by atoms with Crippen LogP contribution in [0, 0.1) is 5.92 Å². The molecule has 1 N–H and O–H groups in total. The van der Waals surface area contributed by atoms with Gasteiger partial charge in [0.05, 0.1) is 29.9 Å². The summed E-state index contributed by atoms with van der Waals surface area (Å²) >= 11 is 0. The summed E-state index contributed by atoms with van der Waals surface area (Å²) in [6.45, 7) is 0.326. The Morgan fingerprint density at radius 1 is 1.44 bits per heavy atom. The number of amides is 1. The molecule has 2 rings (SSSR count). The monoisotopic (exact) mass is 269 g/mol. The van der Waals surface area contributed by atoms with Gasteiger partial charge in [0.15, 0.2) is 9.84 Å². The van der Waals surface area contributed by atoms with Crippen LogP contribution in [0.1, 0.15) is 18.5 Å². The quantitative estimate of drug-likeness (QED) is 0.825. The number of carbonyl (C=O) groups is 1. The van der Waals surface area contributed by atoms with Crippen molar-refractivity contribution in [2.24, 2.45) is 5.92 Å². The first-order valence-electron chi connectivity index (χ1n) is 5.77. The Labute approximate surface area is 106 Å². The topological polar surface area (TPSA) is 89.0 Å². The zero-order valence-electron chi connectivity index (χ0n) is 9.87. The second kappa shape index (κ2) is 5.43. The van der Waals surface area contributed by atoms with Crippen molar-refractivity contribution < 1.29 is 13.2 Å². The van der Waals surface area contributed by atoms with Gasteiger partial charge in [0.1, 0.15) is 0 Å². The minimum Gasteiger partial charge on any atom is -0.350 e. The van der Waals surface area contributed by atoms with E-state index in [1.165, 1.54) is 0 Å². The normalized spacial score (nSPS) is 21.7. The predicted octanol–water partition coefficient (Wildman–Crippen LogP) is -0.0824. The fourth-order valence-electron chi connectivity index (χ4n) is 1.98. The van der Waals surface area contributed by atoms with Gasteiger partial charge in [-0.15, -0.1) is 0 Å². The van der Waals surface area contributed by atoms with E-state index in [1.54, 1.807) is 18.6 Å². The largest absolute Gasteiger partial charge is 0.350 e. The second-order valence-corrected chi connectivity index (χ2v) is 6.68. The summed E-state index contributed by atoms with van der Waals surface area (Å²) in [6, 6.07) is 0. The van der Waals surface area contributed by atoms with Crippen LogP contribution < -0.4 is 5.32 Å². The number of nitrogens with one attached hydrogen (secondary N) is 1. The summed E-state index contributed by atoms with van der Waals surface area (Å²) in [6.07, 6.45) is 5.56. The highest BCUT2D eigenvalue weighted by molar-refractivity contribution is 7.91. The van der Waals surface area contributed by atoms with Crippen LogP contribution in [0.2, 0.25) is 0 Å². The molecule has 0 aromatic carbocycles. The number of sulfone groups is 1. The molecular weight excluding hydrogens is 254 g/mol. The summed E-state index contributed by atoms with van der Waals surface area (Å²) in [5.74, 6) is 0.153. The summed E-state index contributed by atoms with van der Waals surface area (Å²) in [4.78, 5) is 19.6. The lowest BCUT2D eigenvalue weighted by Gasteiger charge is -2.08. The van der Waals surface area contributed by atoms with Crippen LogP contribution in [-0.4, -0.2) is 35.8 Å². The van der Waals surface area contributed by atoms with E-state index >= 15 is 0 Å². The van der Waals surface area contributed by atoms with Gasteiger partial charge in [0, 0.05) is 18.8 Å². The summed E-state index contributed by atoms with van der Waals surface area (Å²) in [5, 5.41) is 2.72. The molecule has 7 heteroatoms. The van der Waals surface area contributed by atoms with E-state index in [0.29, 0.717) is 18.7 Å². The molecule has 1 amide bonds. The molecule has 18 heavy (non-hydrogen) atoms. The van der Waals surface area contributed by atoms with Crippen LogP contribution in [0.15, 0.2) is 18.6 Å². The number of nitrogens with zero attached hydrogens (tertiary/aromatic N) is 2. The average molecular weight is 269 g/mol. The van der Waals surface area contributed by atoms with Gasteiger partial charge < -0.3 is 5.32 Å². The second-order valence-electron chi connectivity index (χ2n) is 4.45. The zero-order chi connectivity index (χ0) is 13.0. The van der Waals surface area contributed by atoms with E-state index in [9.17, 15) is 13.2 Å². The third-order valence-corrected chi connectivity index (χ3v) is 4.72. The van der Waals surface area contributed by atoms with Gasteiger partial charge in [-0.3, -0.25) is 14.8 Å². The molecule has 1 aromatic rings. The Morgan fingerprint density at radius 2 is 2.28 bits per heavy atom. The molecule has 6 nitrogen and oxygen atoms in total. The van der Waals surface area contributed by atoms with Crippen molar-refractivity contribution in [3.05, 3.63) is 24.3 Å². The Hall–Kier alpha value is -1.50. The lowest BCUT2D eigenvalue weighted by atomic mass is 10.1. The van der Waals surface area contributed by atoms with Gasteiger partial charge >= 0.3 is 0 Å². The first kappa shape index (κ1) is 12.9. The van der Waals surface area contributed by atoms with Crippen molar-refractivity contribution in [2.75, 3.05) is 11.5 Å². The lowest BCUT2D eigenvalue weighted by Crippen LogP contribution is -2.26. The molecule has 0 saturated carbocycles. The smallest absolute Gasteiger partial charge is 0.220 e. The van der Waals surface area contributed by atoms with Gasteiger partial charge in [0.2, 0.25) is 5.91 Å². The summed E-state index contributed by atoms with van der Waals surface area (Å²) in [7, 11) is -2.91. The third kappa shape index (κ3) is 3.76. The fourth-order valence-corrected chi connectivity index (χ4v) is 3.84. The first-order valence-corrected chi connectivity index (χ1v) is 7.59. The summed E-state index contributed by atoms with van der Waals surface area (Å²) < 4.78 is 22.5. The maximum Gasteiger partial charge on any atom is 0.220 e. The van der Waals surface area contributed by atoms with E-state index in [0.717, 1.165) is 0 Å². The molecule has 0 spiro atoms. The van der Waals surface area contributed by atoms with Crippen LogP contribution >= 0.6 is 0 Å². The molecule has 1 aliphatic heterocycles. The Balaban J connectivity index is 1.76. The number of carbonyl (C=O) groups excluding carboxylic acids is 1. The molecular formula is C11H15N3O3S. The molecule has 0 bridgehead atoms. The van der Waals surface area contributed by atoms with Crippen LogP contribution in [0.25, 0.3) is 0 Å².